The van der Waals surface area contributed by atoms with E-state index in [9.17, 15) is 0 Å². The van der Waals surface area contributed by atoms with Gasteiger partial charge in [0.05, 0.1) is 10.0 Å². The van der Waals surface area contributed by atoms with Crippen molar-refractivity contribution in [3.8, 4) is 0 Å². The van der Waals surface area contributed by atoms with Crippen molar-refractivity contribution in [3.05, 3.63) is 67.6 Å². The largest absolute Gasteiger partial charge is 0.304 e. The maximum absolute atomic E-state index is 6.25. The van der Waals surface area contributed by atoms with E-state index in [-0.39, 0.29) is 12.1 Å². The van der Waals surface area contributed by atoms with Gasteiger partial charge in [0, 0.05) is 22.1 Å². The lowest BCUT2D eigenvalue weighted by atomic mass is 10.0. The van der Waals surface area contributed by atoms with Gasteiger partial charge in [0.25, 0.3) is 0 Å². The van der Waals surface area contributed by atoms with Gasteiger partial charge in [-0.1, -0.05) is 64.6 Å². The molecule has 0 aliphatic rings. The Morgan fingerprint density at radius 3 is 2.14 bits per heavy atom. The Morgan fingerprint density at radius 2 is 1.48 bits per heavy atom. The first-order valence-electron chi connectivity index (χ1n) is 6.55. The van der Waals surface area contributed by atoms with Gasteiger partial charge in [-0.25, -0.2) is 0 Å². The number of halogens is 4. The molecule has 2 aromatic rings. The highest BCUT2D eigenvalue weighted by atomic mass is 35.5. The SMILES string of the molecule is CC(NC(C)c1cccc(Cl)c1Cl)c1ccc(Cl)cc1Cl. The fraction of sp³-hybridized carbons (Fsp3) is 0.250. The number of rotatable bonds is 4. The van der Waals surface area contributed by atoms with E-state index in [0.717, 1.165) is 11.1 Å². The van der Waals surface area contributed by atoms with Crippen LogP contribution in [0.15, 0.2) is 36.4 Å². The molecule has 2 aromatic carbocycles. The molecule has 1 N–H and O–H groups in total. The van der Waals surface area contributed by atoms with Gasteiger partial charge in [-0.15, -0.1) is 0 Å². The van der Waals surface area contributed by atoms with Gasteiger partial charge in [-0.05, 0) is 43.2 Å². The smallest absolute Gasteiger partial charge is 0.0639 e. The van der Waals surface area contributed by atoms with Gasteiger partial charge < -0.3 is 5.32 Å². The zero-order chi connectivity index (χ0) is 15.6. The summed E-state index contributed by atoms with van der Waals surface area (Å²) in [5, 5.41) is 5.88. The van der Waals surface area contributed by atoms with Crippen LogP contribution in [-0.2, 0) is 0 Å². The van der Waals surface area contributed by atoms with Gasteiger partial charge in [0.15, 0.2) is 0 Å². The molecule has 0 heterocycles. The van der Waals surface area contributed by atoms with Crippen molar-refractivity contribution in [3.63, 3.8) is 0 Å². The summed E-state index contributed by atoms with van der Waals surface area (Å²) in [4.78, 5) is 0. The molecule has 0 saturated heterocycles. The fourth-order valence-corrected chi connectivity index (χ4v) is 3.31. The number of nitrogens with one attached hydrogen (secondary N) is 1. The van der Waals surface area contributed by atoms with Crippen molar-refractivity contribution in [2.75, 3.05) is 0 Å². The highest BCUT2D eigenvalue weighted by molar-refractivity contribution is 6.42. The summed E-state index contributed by atoms with van der Waals surface area (Å²) >= 11 is 24.5. The molecule has 0 amide bonds. The normalized spacial score (nSPS) is 14.0. The van der Waals surface area contributed by atoms with Crippen LogP contribution in [0.4, 0.5) is 0 Å². The van der Waals surface area contributed by atoms with Gasteiger partial charge in [-0.2, -0.15) is 0 Å². The predicted molar refractivity (Wildman–Crippen MR) is 92.9 cm³/mol. The molecule has 0 bridgehead atoms. The zero-order valence-corrected chi connectivity index (χ0v) is 14.7. The van der Waals surface area contributed by atoms with E-state index in [1.807, 2.05) is 38.1 Å². The molecule has 5 heteroatoms. The van der Waals surface area contributed by atoms with E-state index >= 15 is 0 Å². The summed E-state index contributed by atoms with van der Waals surface area (Å²) in [5.41, 5.74) is 1.95. The van der Waals surface area contributed by atoms with Crippen molar-refractivity contribution in [2.24, 2.45) is 0 Å². The Bertz CT molecular complexity index is 642. The molecule has 0 radical (unpaired) electrons. The van der Waals surface area contributed by atoms with E-state index in [1.165, 1.54) is 0 Å². The molecular weight excluding hydrogens is 348 g/mol. The topological polar surface area (TPSA) is 12.0 Å². The van der Waals surface area contributed by atoms with E-state index in [1.54, 1.807) is 12.1 Å². The van der Waals surface area contributed by atoms with Crippen molar-refractivity contribution in [2.45, 2.75) is 25.9 Å². The third-order valence-corrected chi connectivity index (χ3v) is 4.77. The fourth-order valence-electron chi connectivity index (χ4n) is 2.26. The Balaban J connectivity index is 2.18. The Kier molecular flexibility index (Phi) is 5.81. The predicted octanol–water partition coefficient (Wildman–Crippen LogP) is 6.71. The monoisotopic (exact) mass is 361 g/mol. The molecule has 2 atom stereocenters. The molecule has 21 heavy (non-hydrogen) atoms. The van der Waals surface area contributed by atoms with Crippen molar-refractivity contribution in [1.29, 1.82) is 0 Å². The van der Waals surface area contributed by atoms with Gasteiger partial charge in [0.2, 0.25) is 0 Å². The third-order valence-electron chi connectivity index (χ3n) is 3.38. The van der Waals surface area contributed by atoms with E-state index in [0.29, 0.717) is 20.1 Å². The minimum atomic E-state index is 0.0398. The second kappa shape index (κ2) is 7.21. The lowest BCUT2D eigenvalue weighted by Gasteiger charge is -2.22. The molecule has 2 rings (SSSR count). The molecule has 0 fully saturated rings. The average molecular weight is 363 g/mol. The maximum atomic E-state index is 6.25. The molecule has 0 spiro atoms. The zero-order valence-electron chi connectivity index (χ0n) is 11.6. The van der Waals surface area contributed by atoms with Crippen LogP contribution in [0.2, 0.25) is 20.1 Å². The summed E-state index contributed by atoms with van der Waals surface area (Å²) in [5.74, 6) is 0. The summed E-state index contributed by atoms with van der Waals surface area (Å²) in [6.45, 7) is 4.09. The lowest BCUT2D eigenvalue weighted by Crippen LogP contribution is -2.23. The van der Waals surface area contributed by atoms with E-state index in [2.05, 4.69) is 5.32 Å². The first-order valence-corrected chi connectivity index (χ1v) is 8.06. The van der Waals surface area contributed by atoms with Gasteiger partial charge in [-0.3, -0.25) is 0 Å². The highest BCUT2D eigenvalue weighted by Gasteiger charge is 2.16. The molecule has 0 aliphatic carbocycles. The number of hydrogen-bond donors (Lipinski definition) is 1. The minimum Gasteiger partial charge on any atom is -0.304 e. The Hall–Kier alpha value is -0.440. The van der Waals surface area contributed by atoms with Crippen LogP contribution in [-0.4, -0.2) is 0 Å². The van der Waals surface area contributed by atoms with Crippen LogP contribution in [0.3, 0.4) is 0 Å². The molecule has 0 saturated carbocycles. The molecule has 2 unspecified atom stereocenters. The molecule has 0 aromatic heterocycles. The first-order chi connectivity index (χ1) is 9.90. The summed E-state index contributed by atoms with van der Waals surface area (Å²) in [6, 6.07) is 11.2. The minimum absolute atomic E-state index is 0.0398. The maximum Gasteiger partial charge on any atom is 0.0639 e. The number of benzene rings is 2. The van der Waals surface area contributed by atoms with E-state index < -0.39 is 0 Å². The van der Waals surface area contributed by atoms with E-state index in [4.69, 9.17) is 46.4 Å². The van der Waals surface area contributed by atoms with Gasteiger partial charge >= 0.3 is 0 Å². The van der Waals surface area contributed by atoms with Gasteiger partial charge in [0.1, 0.15) is 0 Å². The summed E-state index contributed by atoms with van der Waals surface area (Å²) in [6.07, 6.45) is 0. The molecule has 1 nitrogen and oxygen atoms in total. The third kappa shape index (κ3) is 4.06. The molecule has 112 valence electrons. The second-order valence-corrected chi connectivity index (χ2v) is 6.55. The Labute approximate surface area is 145 Å². The highest BCUT2D eigenvalue weighted by Crippen LogP contribution is 2.32. The number of hydrogen-bond acceptors (Lipinski definition) is 1. The van der Waals surface area contributed by atoms with Crippen LogP contribution in [0.5, 0.6) is 0 Å². The second-order valence-electron chi connectivity index (χ2n) is 4.92. The van der Waals surface area contributed by atoms with Crippen LogP contribution < -0.4 is 5.32 Å². The summed E-state index contributed by atoms with van der Waals surface area (Å²) < 4.78 is 0. The van der Waals surface area contributed by atoms with Crippen molar-refractivity contribution in [1.82, 2.24) is 5.32 Å². The van der Waals surface area contributed by atoms with Crippen LogP contribution in [0.25, 0.3) is 0 Å². The Morgan fingerprint density at radius 1 is 0.810 bits per heavy atom. The van der Waals surface area contributed by atoms with Crippen molar-refractivity contribution >= 4 is 46.4 Å². The molecule has 0 aliphatic heterocycles. The van der Waals surface area contributed by atoms with Crippen LogP contribution in [0.1, 0.15) is 37.1 Å². The van der Waals surface area contributed by atoms with Crippen LogP contribution >= 0.6 is 46.4 Å². The van der Waals surface area contributed by atoms with Crippen LogP contribution in [0, 0.1) is 0 Å². The van der Waals surface area contributed by atoms with Crippen molar-refractivity contribution < 1.29 is 0 Å². The lowest BCUT2D eigenvalue weighted by molar-refractivity contribution is 0.495. The molecular formula is C16H15Cl4N. The summed E-state index contributed by atoms with van der Waals surface area (Å²) in [7, 11) is 0. The average Bonchev–Trinajstić information content (AvgIpc) is 2.41. The first kappa shape index (κ1) is 16.9. The quantitative estimate of drug-likeness (QED) is 0.636. The standard InChI is InChI=1S/C16H15Cl4N/c1-9(12-7-6-11(17)8-15(12)19)21-10(2)13-4-3-5-14(18)16(13)20/h3-10,21H,1-2H3.